The number of amides is 1. The summed E-state index contributed by atoms with van der Waals surface area (Å²) in [5.41, 5.74) is 3.00. The largest absolute Gasteiger partial charge is 0.350 e. The van der Waals surface area contributed by atoms with E-state index in [9.17, 15) is 4.79 Å². The summed E-state index contributed by atoms with van der Waals surface area (Å²) in [7, 11) is 0. The van der Waals surface area contributed by atoms with Crippen LogP contribution in [0.15, 0.2) is 59.6 Å². The highest BCUT2D eigenvalue weighted by Gasteiger charge is 2.20. The summed E-state index contributed by atoms with van der Waals surface area (Å²) >= 11 is 1.69. The first-order chi connectivity index (χ1) is 13.2. The molecular formula is C21H26N4OS. The van der Waals surface area contributed by atoms with Crippen LogP contribution >= 0.6 is 11.3 Å². The molecule has 0 saturated heterocycles. The lowest BCUT2D eigenvalue weighted by Crippen LogP contribution is -2.37. The SMILES string of the molecule is CCN(CC)[C@@H](CNC(=O)c1cnn(Cc2ccccc2)c1)c1ccsc1. The Morgan fingerprint density at radius 1 is 1.22 bits per heavy atom. The molecule has 2 aromatic heterocycles. The first-order valence-corrected chi connectivity index (χ1v) is 10.3. The lowest BCUT2D eigenvalue weighted by molar-refractivity contribution is 0.0935. The van der Waals surface area contributed by atoms with E-state index >= 15 is 0 Å². The molecule has 0 aliphatic rings. The molecule has 5 nitrogen and oxygen atoms in total. The summed E-state index contributed by atoms with van der Waals surface area (Å²) in [6, 6.07) is 12.4. The van der Waals surface area contributed by atoms with Gasteiger partial charge in [0.2, 0.25) is 0 Å². The quantitative estimate of drug-likeness (QED) is 0.612. The number of likely N-dealkylation sites (N-methyl/N-ethyl adjacent to an activating group) is 1. The van der Waals surface area contributed by atoms with Crippen molar-refractivity contribution in [3.8, 4) is 0 Å². The third-order valence-corrected chi connectivity index (χ3v) is 5.42. The molecule has 6 heteroatoms. The number of aromatic nitrogens is 2. The van der Waals surface area contributed by atoms with E-state index in [0.717, 1.165) is 18.7 Å². The topological polar surface area (TPSA) is 50.2 Å². The number of rotatable bonds is 9. The maximum Gasteiger partial charge on any atom is 0.254 e. The molecule has 1 aromatic carbocycles. The Bertz CT molecular complexity index is 825. The van der Waals surface area contributed by atoms with Gasteiger partial charge in [-0.15, -0.1) is 0 Å². The number of carbonyl (C=O) groups is 1. The molecule has 0 aliphatic heterocycles. The van der Waals surface area contributed by atoms with Gasteiger partial charge in [0.1, 0.15) is 0 Å². The first-order valence-electron chi connectivity index (χ1n) is 9.32. The second-order valence-electron chi connectivity index (χ2n) is 6.42. The molecule has 0 bridgehead atoms. The van der Waals surface area contributed by atoms with Gasteiger partial charge >= 0.3 is 0 Å². The number of nitrogens with one attached hydrogen (secondary N) is 1. The van der Waals surface area contributed by atoms with Gasteiger partial charge in [-0.1, -0.05) is 44.2 Å². The molecule has 0 aliphatic carbocycles. The smallest absolute Gasteiger partial charge is 0.254 e. The Balaban J connectivity index is 1.62. The first kappa shape index (κ1) is 19.3. The summed E-state index contributed by atoms with van der Waals surface area (Å²) in [6.07, 6.45) is 3.44. The highest BCUT2D eigenvalue weighted by atomic mass is 32.1. The number of benzene rings is 1. The standard InChI is InChI=1S/C21H26N4OS/c1-3-24(4-2)20(18-10-11-27-16-18)13-22-21(26)19-12-23-25(15-19)14-17-8-6-5-7-9-17/h5-12,15-16,20H,3-4,13-14H2,1-2H3,(H,22,26)/t20-/m0/s1. The molecule has 0 radical (unpaired) electrons. The van der Waals surface area contributed by atoms with Gasteiger partial charge in [-0.3, -0.25) is 14.4 Å². The molecule has 3 rings (SSSR count). The number of carbonyl (C=O) groups excluding carboxylic acids is 1. The van der Waals surface area contributed by atoms with E-state index in [0.29, 0.717) is 18.7 Å². The average molecular weight is 383 g/mol. The molecule has 1 atom stereocenters. The summed E-state index contributed by atoms with van der Waals surface area (Å²) in [6.45, 7) is 7.44. The minimum Gasteiger partial charge on any atom is -0.350 e. The molecule has 3 aromatic rings. The Kier molecular flexibility index (Phi) is 6.79. The lowest BCUT2D eigenvalue weighted by atomic mass is 10.1. The summed E-state index contributed by atoms with van der Waals surface area (Å²) in [4.78, 5) is 15.0. The Morgan fingerprint density at radius 2 is 2.00 bits per heavy atom. The molecule has 0 unspecified atom stereocenters. The van der Waals surface area contributed by atoms with Crippen LogP contribution < -0.4 is 5.32 Å². The highest BCUT2D eigenvalue weighted by molar-refractivity contribution is 7.07. The van der Waals surface area contributed by atoms with Crippen LogP contribution in [0.3, 0.4) is 0 Å². The van der Waals surface area contributed by atoms with Crippen molar-refractivity contribution in [1.82, 2.24) is 20.0 Å². The summed E-state index contributed by atoms with van der Waals surface area (Å²) in [5.74, 6) is -0.0818. The van der Waals surface area contributed by atoms with Crippen molar-refractivity contribution in [1.29, 1.82) is 0 Å². The molecule has 142 valence electrons. The van der Waals surface area contributed by atoms with E-state index in [1.807, 2.05) is 18.2 Å². The Labute approximate surface area is 164 Å². The maximum atomic E-state index is 12.6. The molecule has 2 heterocycles. The molecule has 0 spiro atoms. The zero-order valence-electron chi connectivity index (χ0n) is 15.8. The van der Waals surface area contributed by atoms with Crippen molar-refractivity contribution in [2.75, 3.05) is 19.6 Å². The van der Waals surface area contributed by atoms with Crippen molar-refractivity contribution in [3.05, 3.63) is 76.2 Å². The van der Waals surface area contributed by atoms with Gasteiger partial charge in [-0.25, -0.2) is 0 Å². The fraction of sp³-hybridized carbons (Fsp3) is 0.333. The van der Waals surface area contributed by atoms with Gasteiger partial charge in [-0.05, 0) is 41.0 Å². The van der Waals surface area contributed by atoms with E-state index in [1.165, 1.54) is 5.56 Å². The minimum absolute atomic E-state index is 0.0818. The van der Waals surface area contributed by atoms with Crippen LogP contribution in [-0.2, 0) is 6.54 Å². The van der Waals surface area contributed by atoms with Crippen LogP contribution in [0.4, 0.5) is 0 Å². The van der Waals surface area contributed by atoms with Crippen LogP contribution in [-0.4, -0.2) is 40.2 Å². The van der Waals surface area contributed by atoms with Crippen LogP contribution in [0.1, 0.15) is 41.4 Å². The van der Waals surface area contributed by atoms with E-state index in [-0.39, 0.29) is 11.9 Å². The van der Waals surface area contributed by atoms with Gasteiger partial charge in [0.05, 0.1) is 24.3 Å². The zero-order chi connectivity index (χ0) is 19.1. The molecule has 0 fully saturated rings. The maximum absolute atomic E-state index is 12.6. The van der Waals surface area contributed by atoms with Crippen molar-refractivity contribution in [2.45, 2.75) is 26.4 Å². The minimum atomic E-state index is -0.0818. The van der Waals surface area contributed by atoms with Gasteiger partial charge in [0, 0.05) is 12.7 Å². The van der Waals surface area contributed by atoms with Crippen LogP contribution in [0.25, 0.3) is 0 Å². The van der Waals surface area contributed by atoms with E-state index in [4.69, 9.17) is 0 Å². The normalized spacial score (nSPS) is 12.3. The van der Waals surface area contributed by atoms with Gasteiger partial charge in [0.15, 0.2) is 0 Å². The molecule has 27 heavy (non-hydrogen) atoms. The highest BCUT2D eigenvalue weighted by Crippen LogP contribution is 2.22. The third kappa shape index (κ3) is 5.05. The summed E-state index contributed by atoms with van der Waals surface area (Å²) < 4.78 is 1.80. The van der Waals surface area contributed by atoms with E-state index in [1.54, 1.807) is 28.4 Å². The second-order valence-corrected chi connectivity index (χ2v) is 7.20. The zero-order valence-corrected chi connectivity index (χ0v) is 16.7. The van der Waals surface area contributed by atoms with E-state index < -0.39 is 0 Å². The predicted molar refractivity (Wildman–Crippen MR) is 110 cm³/mol. The number of hydrogen-bond donors (Lipinski definition) is 1. The monoisotopic (exact) mass is 382 g/mol. The van der Waals surface area contributed by atoms with Crippen LogP contribution in [0, 0.1) is 0 Å². The third-order valence-electron chi connectivity index (χ3n) is 4.72. The van der Waals surface area contributed by atoms with Crippen molar-refractivity contribution >= 4 is 17.2 Å². The molecule has 1 N–H and O–H groups in total. The van der Waals surface area contributed by atoms with Gasteiger partial charge in [-0.2, -0.15) is 16.4 Å². The Morgan fingerprint density at radius 3 is 2.67 bits per heavy atom. The molecule has 0 saturated carbocycles. The number of hydrogen-bond acceptors (Lipinski definition) is 4. The van der Waals surface area contributed by atoms with Gasteiger partial charge in [0.25, 0.3) is 5.91 Å². The van der Waals surface area contributed by atoms with Crippen molar-refractivity contribution in [3.63, 3.8) is 0 Å². The summed E-state index contributed by atoms with van der Waals surface area (Å²) in [5, 5.41) is 11.7. The van der Waals surface area contributed by atoms with Crippen LogP contribution in [0.5, 0.6) is 0 Å². The Hall–Kier alpha value is -2.44. The average Bonchev–Trinajstić information content (AvgIpc) is 3.38. The fourth-order valence-electron chi connectivity index (χ4n) is 3.22. The number of thiophene rings is 1. The predicted octanol–water partition coefficient (Wildman–Crippen LogP) is 3.81. The van der Waals surface area contributed by atoms with Crippen molar-refractivity contribution < 1.29 is 4.79 Å². The van der Waals surface area contributed by atoms with Gasteiger partial charge < -0.3 is 5.32 Å². The lowest BCUT2D eigenvalue weighted by Gasteiger charge is -2.29. The van der Waals surface area contributed by atoms with Crippen LogP contribution in [0.2, 0.25) is 0 Å². The number of nitrogens with zero attached hydrogens (tertiary/aromatic N) is 3. The van der Waals surface area contributed by atoms with Crippen molar-refractivity contribution in [2.24, 2.45) is 0 Å². The molecular weight excluding hydrogens is 356 g/mol. The van der Waals surface area contributed by atoms with E-state index in [2.05, 4.69) is 58.1 Å². The fourth-order valence-corrected chi connectivity index (χ4v) is 3.92. The molecule has 1 amide bonds. The second kappa shape index (κ2) is 9.48.